The normalized spacial score (nSPS) is 23.2. The lowest BCUT2D eigenvalue weighted by molar-refractivity contribution is 0.0268. The summed E-state index contributed by atoms with van der Waals surface area (Å²) in [7, 11) is 1.69. The molecule has 0 aliphatic heterocycles. The molecule has 6 heteroatoms. The van der Waals surface area contributed by atoms with Gasteiger partial charge in [-0.25, -0.2) is 4.98 Å². The van der Waals surface area contributed by atoms with Crippen molar-refractivity contribution in [1.29, 1.82) is 0 Å². The van der Waals surface area contributed by atoms with E-state index in [1.807, 2.05) is 0 Å². The zero-order valence-corrected chi connectivity index (χ0v) is 12.2. The van der Waals surface area contributed by atoms with Gasteiger partial charge in [0, 0.05) is 13.2 Å². The molecule has 1 aromatic rings. The van der Waals surface area contributed by atoms with Gasteiger partial charge >= 0.3 is 0 Å². The van der Waals surface area contributed by atoms with E-state index in [4.69, 9.17) is 23.2 Å². The number of aromatic nitrogens is 1. The van der Waals surface area contributed by atoms with Crippen LogP contribution in [-0.4, -0.2) is 40.1 Å². The van der Waals surface area contributed by atoms with Crippen LogP contribution in [0.1, 0.15) is 36.0 Å². The number of nitrogens with zero attached hydrogens (tertiary/aromatic N) is 2. The van der Waals surface area contributed by atoms with Crippen LogP contribution in [0.25, 0.3) is 0 Å². The van der Waals surface area contributed by atoms with Crippen LogP contribution in [0.4, 0.5) is 0 Å². The maximum atomic E-state index is 12.4. The second kappa shape index (κ2) is 6.07. The van der Waals surface area contributed by atoms with E-state index >= 15 is 0 Å². The fourth-order valence-electron chi connectivity index (χ4n) is 2.46. The number of halogens is 2. The Morgan fingerprint density at radius 1 is 1.42 bits per heavy atom. The van der Waals surface area contributed by atoms with Crippen LogP contribution in [0.5, 0.6) is 0 Å². The van der Waals surface area contributed by atoms with E-state index < -0.39 is 6.10 Å². The molecule has 1 heterocycles. The van der Waals surface area contributed by atoms with Crippen LogP contribution in [0.15, 0.2) is 12.3 Å². The molecule has 0 bridgehead atoms. The molecule has 1 saturated carbocycles. The van der Waals surface area contributed by atoms with E-state index in [2.05, 4.69) is 4.98 Å². The van der Waals surface area contributed by atoms with Crippen molar-refractivity contribution >= 4 is 29.1 Å². The van der Waals surface area contributed by atoms with Crippen LogP contribution in [-0.2, 0) is 0 Å². The molecule has 2 atom stereocenters. The highest BCUT2D eigenvalue weighted by molar-refractivity contribution is 6.35. The van der Waals surface area contributed by atoms with Gasteiger partial charge in [0.2, 0.25) is 0 Å². The monoisotopic (exact) mass is 302 g/mol. The molecule has 0 saturated heterocycles. The number of aliphatic hydroxyl groups excluding tert-OH is 1. The van der Waals surface area contributed by atoms with Crippen molar-refractivity contribution in [3.05, 3.63) is 28.0 Å². The fraction of sp³-hybridized carbons (Fsp3) is 0.538. The Bertz CT molecular complexity index is 482. The number of likely N-dealkylation sites (N-methyl/N-ethyl adjacent to an activating group) is 1. The predicted octanol–water partition coefficient (Wildman–Crippen LogP) is 2.76. The number of rotatable bonds is 2. The molecule has 0 spiro atoms. The number of pyridine rings is 1. The van der Waals surface area contributed by atoms with Gasteiger partial charge in [0.25, 0.3) is 5.91 Å². The third-order valence-corrected chi connectivity index (χ3v) is 4.07. The van der Waals surface area contributed by atoms with E-state index in [-0.39, 0.29) is 22.1 Å². The molecule has 0 aromatic carbocycles. The smallest absolute Gasteiger partial charge is 0.255 e. The molecule has 2 unspecified atom stereocenters. The summed E-state index contributed by atoms with van der Waals surface area (Å²) in [6, 6.07) is 1.29. The summed E-state index contributed by atoms with van der Waals surface area (Å²) in [4.78, 5) is 17.8. The number of hydrogen-bond donors (Lipinski definition) is 1. The molecule has 1 amide bonds. The number of hydrogen-bond acceptors (Lipinski definition) is 3. The average Bonchev–Trinajstić information content (AvgIpc) is 2.40. The molecule has 0 radical (unpaired) electrons. The molecular formula is C13H16Cl2N2O2. The average molecular weight is 303 g/mol. The second-order valence-electron chi connectivity index (χ2n) is 4.82. The summed E-state index contributed by atoms with van der Waals surface area (Å²) in [6.07, 6.45) is 4.44. The van der Waals surface area contributed by atoms with E-state index in [0.717, 1.165) is 25.7 Å². The third-order valence-electron chi connectivity index (χ3n) is 3.56. The Hall–Kier alpha value is -0.840. The van der Waals surface area contributed by atoms with Crippen LogP contribution in [0.2, 0.25) is 10.2 Å². The first kappa shape index (κ1) is 14.6. The van der Waals surface area contributed by atoms with Crippen LogP contribution in [0.3, 0.4) is 0 Å². The molecular weight excluding hydrogens is 287 g/mol. The minimum Gasteiger partial charge on any atom is -0.391 e. The van der Waals surface area contributed by atoms with Gasteiger partial charge in [-0.05, 0) is 18.9 Å². The summed E-state index contributed by atoms with van der Waals surface area (Å²) < 4.78 is 0. The molecule has 104 valence electrons. The van der Waals surface area contributed by atoms with E-state index in [1.165, 1.54) is 12.3 Å². The van der Waals surface area contributed by atoms with Gasteiger partial charge in [-0.1, -0.05) is 36.0 Å². The van der Waals surface area contributed by atoms with Crippen molar-refractivity contribution in [2.45, 2.75) is 37.8 Å². The molecule has 19 heavy (non-hydrogen) atoms. The highest BCUT2D eigenvalue weighted by Gasteiger charge is 2.30. The van der Waals surface area contributed by atoms with Gasteiger partial charge in [0.05, 0.1) is 22.7 Å². The molecule has 2 rings (SSSR count). The lowest BCUT2D eigenvalue weighted by Crippen LogP contribution is -2.46. The minimum atomic E-state index is -0.473. The summed E-state index contributed by atoms with van der Waals surface area (Å²) in [5.41, 5.74) is 0.321. The second-order valence-corrected chi connectivity index (χ2v) is 5.62. The lowest BCUT2D eigenvalue weighted by atomic mass is 9.91. The van der Waals surface area contributed by atoms with Gasteiger partial charge in [-0.3, -0.25) is 4.79 Å². The Kier molecular flexibility index (Phi) is 4.66. The van der Waals surface area contributed by atoms with Crippen molar-refractivity contribution in [3.63, 3.8) is 0 Å². The standard InChI is InChI=1S/C13H16Cl2N2O2/c1-17(10-4-2-3-5-11(10)18)13(19)8-6-12(15)16-7-9(8)14/h6-7,10-11,18H,2-5H2,1H3. The first-order valence-electron chi connectivity index (χ1n) is 6.27. The quantitative estimate of drug-likeness (QED) is 0.855. The highest BCUT2D eigenvalue weighted by Crippen LogP contribution is 2.26. The van der Waals surface area contributed by atoms with Crippen molar-refractivity contribution in [2.75, 3.05) is 7.05 Å². The van der Waals surface area contributed by atoms with Gasteiger partial charge in [0.1, 0.15) is 5.15 Å². The molecule has 1 aromatic heterocycles. The maximum absolute atomic E-state index is 12.4. The van der Waals surface area contributed by atoms with Crippen molar-refractivity contribution in [2.24, 2.45) is 0 Å². The first-order chi connectivity index (χ1) is 9.00. The van der Waals surface area contributed by atoms with Crippen LogP contribution in [0, 0.1) is 0 Å². The molecule has 1 aliphatic carbocycles. The predicted molar refractivity (Wildman–Crippen MR) is 74.6 cm³/mol. The Morgan fingerprint density at radius 3 is 2.79 bits per heavy atom. The minimum absolute atomic E-state index is 0.163. The fourth-order valence-corrected chi connectivity index (χ4v) is 2.80. The molecule has 1 N–H and O–H groups in total. The maximum Gasteiger partial charge on any atom is 0.255 e. The number of carbonyl (C=O) groups is 1. The first-order valence-corrected chi connectivity index (χ1v) is 7.02. The number of aliphatic hydroxyl groups is 1. The largest absolute Gasteiger partial charge is 0.391 e. The number of amides is 1. The van der Waals surface area contributed by atoms with Crippen LogP contribution < -0.4 is 0 Å². The molecule has 1 fully saturated rings. The van der Waals surface area contributed by atoms with E-state index in [0.29, 0.717) is 5.56 Å². The number of carbonyl (C=O) groups excluding carboxylic acids is 1. The molecule has 4 nitrogen and oxygen atoms in total. The topological polar surface area (TPSA) is 53.4 Å². The van der Waals surface area contributed by atoms with Crippen LogP contribution >= 0.6 is 23.2 Å². The lowest BCUT2D eigenvalue weighted by Gasteiger charge is -2.35. The zero-order chi connectivity index (χ0) is 14.0. The molecule has 1 aliphatic rings. The summed E-state index contributed by atoms with van der Waals surface area (Å²) in [5.74, 6) is -0.236. The van der Waals surface area contributed by atoms with Crippen molar-refractivity contribution < 1.29 is 9.90 Å². The Morgan fingerprint density at radius 2 is 2.11 bits per heavy atom. The van der Waals surface area contributed by atoms with Crippen molar-refractivity contribution in [1.82, 2.24) is 9.88 Å². The summed E-state index contributed by atoms with van der Waals surface area (Å²) >= 11 is 11.8. The van der Waals surface area contributed by atoms with Gasteiger partial charge in [-0.2, -0.15) is 0 Å². The highest BCUT2D eigenvalue weighted by atomic mass is 35.5. The van der Waals surface area contributed by atoms with E-state index in [9.17, 15) is 9.90 Å². The third kappa shape index (κ3) is 3.19. The van der Waals surface area contributed by atoms with Gasteiger partial charge in [0.15, 0.2) is 0 Å². The van der Waals surface area contributed by atoms with Gasteiger partial charge in [-0.15, -0.1) is 0 Å². The summed E-state index contributed by atoms with van der Waals surface area (Å²) in [6.45, 7) is 0. The van der Waals surface area contributed by atoms with Gasteiger partial charge < -0.3 is 10.0 Å². The van der Waals surface area contributed by atoms with Crippen molar-refractivity contribution in [3.8, 4) is 0 Å². The zero-order valence-electron chi connectivity index (χ0n) is 10.6. The summed E-state index contributed by atoms with van der Waals surface area (Å²) in [5, 5.41) is 10.5. The SMILES string of the molecule is CN(C(=O)c1cc(Cl)ncc1Cl)C1CCCCC1O. The Labute approximate surface area is 122 Å². The Balaban J connectivity index is 2.20. The van der Waals surface area contributed by atoms with E-state index in [1.54, 1.807) is 11.9 Å².